The third kappa shape index (κ3) is 5.36. The summed E-state index contributed by atoms with van der Waals surface area (Å²) in [5, 5.41) is 0. The van der Waals surface area contributed by atoms with Gasteiger partial charge in [0, 0.05) is 19.1 Å². The summed E-state index contributed by atoms with van der Waals surface area (Å²) in [5.41, 5.74) is 5.92. The van der Waals surface area contributed by atoms with Crippen LogP contribution in [0.25, 0.3) is 0 Å². The monoisotopic (exact) mass is 241 g/mol. The maximum Gasteiger partial charge on any atom is 0.0220 e. The van der Waals surface area contributed by atoms with Crippen molar-refractivity contribution in [3.05, 3.63) is 0 Å². The Morgan fingerprint density at radius 2 is 1.82 bits per heavy atom. The number of hydrogen-bond donors (Lipinski definition) is 1. The number of nitrogens with zero attached hydrogens (tertiary/aromatic N) is 2. The van der Waals surface area contributed by atoms with E-state index in [4.69, 9.17) is 5.73 Å². The molecule has 2 N–H and O–H groups in total. The van der Waals surface area contributed by atoms with E-state index in [1.807, 2.05) is 0 Å². The largest absolute Gasteiger partial charge is 0.329 e. The van der Waals surface area contributed by atoms with Gasteiger partial charge in [0.25, 0.3) is 0 Å². The van der Waals surface area contributed by atoms with Crippen LogP contribution in [0.5, 0.6) is 0 Å². The zero-order chi connectivity index (χ0) is 12.8. The first-order valence-electron chi connectivity index (χ1n) is 7.11. The first kappa shape index (κ1) is 14.9. The lowest BCUT2D eigenvalue weighted by atomic mass is 9.93. The fourth-order valence-electron chi connectivity index (χ4n) is 2.96. The highest BCUT2D eigenvalue weighted by Crippen LogP contribution is 2.21. The summed E-state index contributed by atoms with van der Waals surface area (Å²) in [4.78, 5) is 4.93. The average molecular weight is 241 g/mol. The molecule has 17 heavy (non-hydrogen) atoms. The van der Waals surface area contributed by atoms with Gasteiger partial charge in [-0.1, -0.05) is 13.8 Å². The number of rotatable bonds is 6. The molecule has 0 aromatic carbocycles. The van der Waals surface area contributed by atoms with Gasteiger partial charge < -0.3 is 10.6 Å². The van der Waals surface area contributed by atoms with Crippen LogP contribution in [-0.4, -0.2) is 56.1 Å². The summed E-state index contributed by atoms with van der Waals surface area (Å²) >= 11 is 0. The van der Waals surface area contributed by atoms with E-state index in [2.05, 4.69) is 37.7 Å². The van der Waals surface area contributed by atoms with E-state index in [-0.39, 0.29) is 0 Å². The molecular weight excluding hydrogens is 210 g/mol. The van der Waals surface area contributed by atoms with Crippen molar-refractivity contribution in [3.63, 3.8) is 0 Å². The molecule has 1 heterocycles. The molecule has 0 radical (unpaired) electrons. The molecule has 1 atom stereocenters. The molecule has 1 fully saturated rings. The van der Waals surface area contributed by atoms with Crippen LogP contribution < -0.4 is 5.73 Å². The van der Waals surface area contributed by atoms with Crippen molar-refractivity contribution in [3.8, 4) is 0 Å². The molecule has 102 valence electrons. The Kier molecular flexibility index (Phi) is 6.45. The summed E-state index contributed by atoms with van der Waals surface area (Å²) < 4.78 is 0. The SMILES string of the molecule is CC(C)CC(CN)N1CCC(CN(C)C)CC1. The van der Waals surface area contributed by atoms with E-state index < -0.39 is 0 Å². The van der Waals surface area contributed by atoms with Crippen LogP contribution in [0.4, 0.5) is 0 Å². The minimum Gasteiger partial charge on any atom is -0.329 e. The lowest BCUT2D eigenvalue weighted by Crippen LogP contribution is -2.46. The molecule has 1 aliphatic heterocycles. The maximum atomic E-state index is 5.92. The molecule has 3 nitrogen and oxygen atoms in total. The van der Waals surface area contributed by atoms with Crippen molar-refractivity contribution in [1.82, 2.24) is 9.80 Å². The Morgan fingerprint density at radius 3 is 2.24 bits per heavy atom. The third-order valence-electron chi connectivity index (χ3n) is 3.80. The predicted molar refractivity (Wildman–Crippen MR) is 75.1 cm³/mol. The first-order chi connectivity index (χ1) is 8.02. The van der Waals surface area contributed by atoms with Gasteiger partial charge in [-0.2, -0.15) is 0 Å². The molecular formula is C14H31N3. The molecule has 0 aromatic heterocycles. The summed E-state index contributed by atoms with van der Waals surface area (Å²) in [6.45, 7) is 9.13. The second kappa shape index (κ2) is 7.34. The maximum absolute atomic E-state index is 5.92. The van der Waals surface area contributed by atoms with Gasteiger partial charge in [0.05, 0.1) is 0 Å². The van der Waals surface area contributed by atoms with E-state index in [0.29, 0.717) is 6.04 Å². The summed E-state index contributed by atoms with van der Waals surface area (Å²) in [7, 11) is 4.35. The fourth-order valence-corrected chi connectivity index (χ4v) is 2.96. The van der Waals surface area contributed by atoms with Gasteiger partial charge in [0.1, 0.15) is 0 Å². The molecule has 1 saturated heterocycles. The molecule has 3 heteroatoms. The smallest absolute Gasteiger partial charge is 0.0220 e. The molecule has 0 spiro atoms. The zero-order valence-electron chi connectivity index (χ0n) is 12.2. The zero-order valence-corrected chi connectivity index (χ0v) is 12.2. The Bertz CT molecular complexity index is 196. The van der Waals surface area contributed by atoms with Crippen molar-refractivity contribution in [1.29, 1.82) is 0 Å². The Balaban J connectivity index is 2.34. The van der Waals surface area contributed by atoms with E-state index in [0.717, 1.165) is 18.4 Å². The summed E-state index contributed by atoms with van der Waals surface area (Å²) in [5.74, 6) is 1.64. The van der Waals surface area contributed by atoms with E-state index in [1.54, 1.807) is 0 Å². The van der Waals surface area contributed by atoms with Gasteiger partial charge in [0.15, 0.2) is 0 Å². The lowest BCUT2D eigenvalue weighted by molar-refractivity contribution is 0.111. The molecule has 0 amide bonds. The normalized spacial score (nSPS) is 21.4. The van der Waals surface area contributed by atoms with Crippen LogP contribution in [0.3, 0.4) is 0 Å². The van der Waals surface area contributed by atoms with Gasteiger partial charge >= 0.3 is 0 Å². The van der Waals surface area contributed by atoms with Crippen molar-refractivity contribution in [2.24, 2.45) is 17.6 Å². The number of hydrogen-bond acceptors (Lipinski definition) is 3. The van der Waals surface area contributed by atoms with Crippen molar-refractivity contribution in [2.45, 2.75) is 39.2 Å². The topological polar surface area (TPSA) is 32.5 Å². The Labute approximate surface area is 107 Å². The van der Waals surface area contributed by atoms with E-state index >= 15 is 0 Å². The van der Waals surface area contributed by atoms with E-state index in [9.17, 15) is 0 Å². The van der Waals surface area contributed by atoms with Crippen LogP contribution in [0.1, 0.15) is 33.1 Å². The third-order valence-corrected chi connectivity index (χ3v) is 3.80. The standard InChI is InChI=1S/C14H31N3/c1-12(2)9-14(10-15)17-7-5-13(6-8-17)11-16(3)4/h12-14H,5-11,15H2,1-4H3. The number of nitrogens with two attached hydrogens (primary N) is 1. The Hall–Kier alpha value is -0.120. The van der Waals surface area contributed by atoms with Crippen LogP contribution >= 0.6 is 0 Å². The first-order valence-corrected chi connectivity index (χ1v) is 7.11. The van der Waals surface area contributed by atoms with Gasteiger partial charge in [-0.3, -0.25) is 4.90 Å². The second-order valence-electron chi connectivity index (χ2n) is 6.26. The van der Waals surface area contributed by atoms with Crippen molar-refractivity contribution < 1.29 is 0 Å². The van der Waals surface area contributed by atoms with Crippen molar-refractivity contribution in [2.75, 3.05) is 40.3 Å². The van der Waals surface area contributed by atoms with Gasteiger partial charge in [-0.25, -0.2) is 0 Å². The molecule has 0 bridgehead atoms. The molecule has 0 aliphatic carbocycles. The lowest BCUT2D eigenvalue weighted by Gasteiger charge is -2.38. The van der Waals surface area contributed by atoms with Gasteiger partial charge in [-0.15, -0.1) is 0 Å². The minimum absolute atomic E-state index is 0.607. The fraction of sp³-hybridized carbons (Fsp3) is 1.00. The molecule has 1 aliphatic rings. The van der Waals surface area contributed by atoms with Crippen LogP contribution in [0.2, 0.25) is 0 Å². The highest BCUT2D eigenvalue weighted by Gasteiger charge is 2.24. The van der Waals surface area contributed by atoms with Gasteiger partial charge in [0.2, 0.25) is 0 Å². The molecule has 0 aromatic rings. The molecule has 0 saturated carbocycles. The van der Waals surface area contributed by atoms with Crippen molar-refractivity contribution >= 4 is 0 Å². The Morgan fingerprint density at radius 1 is 1.24 bits per heavy atom. The quantitative estimate of drug-likeness (QED) is 0.767. The predicted octanol–water partition coefficient (Wildman–Crippen LogP) is 1.63. The summed E-state index contributed by atoms with van der Waals surface area (Å²) in [6.07, 6.45) is 3.92. The highest BCUT2D eigenvalue weighted by atomic mass is 15.2. The average Bonchev–Trinajstić information content (AvgIpc) is 2.26. The second-order valence-corrected chi connectivity index (χ2v) is 6.26. The minimum atomic E-state index is 0.607. The van der Waals surface area contributed by atoms with Crippen LogP contribution in [-0.2, 0) is 0 Å². The highest BCUT2D eigenvalue weighted by molar-refractivity contribution is 4.80. The molecule has 1 rings (SSSR count). The number of likely N-dealkylation sites (tertiary alicyclic amines) is 1. The molecule has 1 unspecified atom stereocenters. The van der Waals surface area contributed by atoms with Crippen LogP contribution in [0.15, 0.2) is 0 Å². The van der Waals surface area contributed by atoms with Gasteiger partial charge in [-0.05, 0) is 58.3 Å². The van der Waals surface area contributed by atoms with E-state index in [1.165, 1.54) is 38.9 Å². The number of piperidine rings is 1. The summed E-state index contributed by atoms with van der Waals surface area (Å²) in [6, 6.07) is 0.607. The van der Waals surface area contributed by atoms with Crippen LogP contribution in [0, 0.1) is 11.8 Å².